The second kappa shape index (κ2) is 13.3. The van der Waals surface area contributed by atoms with Crippen LogP contribution in [0.5, 0.6) is 0 Å². The lowest BCUT2D eigenvalue weighted by Gasteiger charge is -2.13. The van der Waals surface area contributed by atoms with Crippen LogP contribution in [0.25, 0.3) is 106 Å². The maximum absolute atomic E-state index is 5.32. The summed E-state index contributed by atoms with van der Waals surface area (Å²) in [6, 6.07) is 61.2. The van der Waals surface area contributed by atoms with Gasteiger partial charge in [-0.25, -0.2) is 4.98 Å². The molecule has 4 heterocycles. The summed E-state index contributed by atoms with van der Waals surface area (Å²) >= 11 is 0. The Morgan fingerprint density at radius 1 is 0.295 bits per heavy atom. The Morgan fingerprint density at radius 3 is 1.02 bits per heavy atom. The Labute approximate surface area is 352 Å². The zero-order chi connectivity index (χ0) is 40.9. The van der Waals surface area contributed by atoms with Gasteiger partial charge in [0.05, 0.1) is 33.1 Å². The van der Waals surface area contributed by atoms with Gasteiger partial charge in [0.2, 0.25) is 5.95 Å². The molecule has 6 heteroatoms. The van der Waals surface area contributed by atoms with Crippen LogP contribution in [0.4, 0.5) is 0 Å². The minimum Gasteiger partial charge on any atom is -0.309 e. The largest absolute Gasteiger partial charge is 0.309 e. The number of fused-ring (bicyclic) bond motifs is 9. The van der Waals surface area contributed by atoms with Crippen molar-refractivity contribution in [1.29, 1.82) is 0 Å². The van der Waals surface area contributed by atoms with E-state index in [0.29, 0.717) is 17.6 Å². The molecule has 8 aromatic carbocycles. The van der Waals surface area contributed by atoms with Gasteiger partial charge in [-0.2, -0.15) is 9.97 Å². The summed E-state index contributed by atoms with van der Waals surface area (Å²) < 4.78 is 7.05. The molecule has 0 radical (unpaired) electrons. The lowest BCUT2D eigenvalue weighted by molar-refractivity contribution is 0.952. The van der Waals surface area contributed by atoms with Crippen LogP contribution in [0.15, 0.2) is 170 Å². The number of aromatic nitrogens is 6. The zero-order valence-corrected chi connectivity index (χ0v) is 34.3. The number of rotatable bonds is 5. The lowest BCUT2D eigenvalue weighted by Crippen LogP contribution is -2.07. The first-order chi connectivity index (χ1) is 29.9. The molecule has 4 aromatic heterocycles. The van der Waals surface area contributed by atoms with Crippen molar-refractivity contribution in [2.45, 2.75) is 27.7 Å². The Hall–Kier alpha value is -7.83. The highest BCUT2D eigenvalue weighted by Gasteiger charge is 2.22. The minimum absolute atomic E-state index is 0.559. The predicted molar refractivity (Wildman–Crippen MR) is 253 cm³/mol. The zero-order valence-electron chi connectivity index (χ0n) is 34.3. The van der Waals surface area contributed by atoms with Crippen LogP contribution in [0, 0.1) is 27.7 Å². The van der Waals surface area contributed by atoms with Crippen LogP contribution >= 0.6 is 0 Å². The standard InChI is InChI=1S/C55H40N6/c1-33-15-23-47-43(27-33)44-28-34(2)16-24-48(44)59(47)39-19-21-41-42-22-20-40(60-49-25-17-35(3)29-45(49)46-30-36(4)18-26-50(46)60)32-52(42)61(51(41)31-39)55-57-53(37-11-7-5-8-12-37)56-54(58-55)38-13-9-6-10-14-38/h5-32H,1-4H3. The average molecular weight is 785 g/mol. The lowest BCUT2D eigenvalue weighted by atomic mass is 10.1. The van der Waals surface area contributed by atoms with Gasteiger partial charge in [0, 0.05) is 54.8 Å². The molecular weight excluding hydrogens is 745 g/mol. The minimum atomic E-state index is 0.559. The Balaban J connectivity index is 1.19. The molecule has 0 fully saturated rings. The van der Waals surface area contributed by atoms with E-state index >= 15 is 0 Å². The fourth-order valence-corrected chi connectivity index (χ4v) is 9.44. The molecule has 290 valence electrons. The van der Waals surface area contributed by atoms with Crippen molar-refractivity contribution in [3.8, 4) is 40.1 Å². The summed E-state index contributed by atoms with van der Waals surface area (Å²) in [7, 11) is 0. The average Bonchev–Trinajstić information content (AvgIpc) is 3.90. The molecule has 0 spiro atoms. The van der Waals surface area contributed by atoms with Crippen molar-refractivity contribution < 1.29 is 0 Å². The third-order valence-corrected chi connectivity index (χ3v) is 12.3. The van der Waals surface area contributed by atoms with Crippen LogP contribution in [0.3, 0.4) is 0 Å². The number of hydrogen-bond acceptors (Lipinski definition) is 3. The van der Waals surface area contributed by atoms with Crippen molar-refractivity contribution >= 4 is 65.4 Å². The maximum atomic E-state index is 5.32. The third-order valence-electron chi connectivity index (χ3n) is 12.3. The van der Waals surface area contributed by atoms with E-state index < -0.39 is 0 Å². The van der Waals surface area contributed by atoms with Crippen LogP contribution in [-0.2, 0) is 0 Å². The normalized spacial score (nSPS) is 11.9. The summed E-state index contributed by atoms with van der Waals surface area (Å²) in [5, 5.41) is 7.23. The van der Waals surface area contributed by atoms with Gasteiger partial charge in [0.25, 0.3) is 0 Å². The van der Waals surface area contributed by atoms with Gasteiger partial charge in [-0.05, 0) is 100 Å². The predicted octanol–water partition coefficient (Wildman–Crippen LogP) is 13.7. The van der Waals surface area contributed by atoms with Crippen molar-refractivity contribution in [3.05, 3.63) is 192 Å². The second-order valence-electron chi connectivity index (χ2n) is 16.5. The second-order valence-corrected chi connectivity index (χ2v) is 16.5. The number of hydrogen-bond donors (Lipinski definition) is 0. The number of nitrogens with zero attached hydrogens (tertiary/aromatic N) is 6. The van der Waals surface area contributed by atoms with Crippen molar-refractivity contribution in [2.24, 2.45) is 0 Å². The molecule has 12 aromatic rings. The first-order valence-electron chi connectivity index (χ1n) is 20.9. The van der Waals surface area contributed by atoms with Crippen molar-refractivity contribution in [3.63, 3.8) is 0 Å². The van der Waals surface area contributed by atoms with Gasteiger partial charge in [0.15, 0.2) is 11.6 Å². The third kappa shape index (κ3) is 5.52. The molecule has 12 rings (SSSR count). The van der Waals surface area contributed by atoms with E-state index in [0.717, 1.165) is 44.3 Å². The van der Waals surface area contributed by atoms with Gasteiger partial charge in [-0.15, -0.1) is 0 Å². The highest BCUT2D eigenvalue weighted by atomic mass is 15.2. The van der Waals surface area contributed by atoms with Crippen LogP contribution < -0.4 is 0 Å². The topological polar surface area (TPSA) is 53.5 Å². The Bertz CT molecular complexity index is 3380. The first-order valence-corrected chi connectivity index (χ1v) is 20.9. The van der Waals surface area contributed by atoms with Crippen molar-refractivity contribution in [2.75, 3.05) is 0 Å². The fourth-order valence-electron chi connectivity index (χ4n) is 9.44. The number of aryl methyl sites for hydroxylation is 4. The molecule has 0 aliphatic rings. The molecule has 0 saturated heterocycles. The molecule has 0 saturated carbocycles. The Kier molecular flexibility index (Phi) is 7.69. The van der Waals surface area contributed by atoms with E-state index in [9.17, 15) is 0 Å². The van der Waals surface area contributed by atoms with Gasteiger partial charge >= 0.3 is 0 Å². The van der Waals surface area contributed by atoms with E-state index in [2.05, 4.69) is 175 Å². The van der Waals surface area contributed by atoms with Gasteiger partial charge < -0.3 is 9.13 Å². The summed E-state index contributed by atoms with van der Waals surface area (Å²) in [6.07, 6.45) is 0. The maximum Gasteiger partial charge on any atom is 0.238 e. The Morgan fingerprint density at radius 2 is 0.656 bits per heavy atom. The van der Waals surface area contributed by atoms with E-state index in [1.807, 2.05) is 36.4 Å². The molecule has 0 aliphatic heterocycles. The van der Waals surface area contributed by atoms with E-state index in [1.54, 1.807) is 0 Å². The summed E-state index contributed by atoms with van der Waals surface area (Å²) in [6.45, 7) is 8.67. The molecular formula is C55H40N6. The molecule has 0 N–H and O–H groups in total. The molecule has 0 atom stereocenters. The van der Waals surface area contributed by atoms with E-state index in [4.69, 9.17) is 15.0 Å². The quantitative estimate of drug-likeness (QED) is 0.175. The van der Waals surface area contributed by atoms with Crippen LogP contribution in [0.2, 0.25) is 0 Å². The monoisotopic (exact) mass is 784 g/mol. The van der Waals surface area contributed by atoms with Crippen molar-refractivity contribution in [1.82, 2.24) is 28.7 Å². The smallest absolute Gasteiger partial charge is 0.238 e. The molecule has 0 bridgehead atoms. The highest BCUT2D eigenvalue weighted by Crippen LogP contribution is 2.40. The summed E-state index contributed by atoms with van der Waals surface area (Å²) in [4.78, 5) is 15.7. The van der Waals surface area contributed by atoms with Gasteiger partial charge in [-0.3, -0.25) is 4.57 Å². The highest BCUT2D eigenvalue weighted by molar-refractivity contribution is 6.13. The fraction of sp³-hybridized carbons (Fsp3) is 0.0727. The molecule has 0 aliphatic carbocycles. The summed E-state index contributed by atoms with van der Waals surface area (Å²) in [5.41, 5.74) is 15.7. The SMILES string of the molecule is Cc1ccc2c(c1)c1cc(C)ccc1n2-c1ccc2c3ccc(-n4c5ccc(C)cc5c5cc(C)ccc54)cc3n(-c3nc(-c4ccccc4)nc(-c4ccccc4)n3)c2c1. The number of benzene rings is 8. The first kappa shape index (κ1) is 35.1. The molecule has 0 unspecified atom stereocenters. The molecule has 61 heavy (non-hydrogen) atoms. The van der Waals surface area contributed by atoms with Crippen LogP contribution in [-0.4, -0.2) is 28.7 Å². The van der Waals surface area contributed by atoms with Crippen LogP contribution in [0.1, 0.15) is 22.3 Å². The molecule has 0 amide bonds. The van der Waals surface area contributed by atoms with Gasteiger partial charge in [0.1, 0.15) is 0 Å². The molecule has 6 nitrogen and oxygen atoms in total. The van der Waals surface area contributed by atoms with Gasteiger partial charge in [-0.1, -0.05) is 119 Å². The van der Waals surface area contributed by atoms with E-state index in [-0.39, 0.29) is 0 Å². The summed E-state index contributed by atoms with van der Waals surface area (Å²) in [5.74, 6) is 1.80. The van der Waals surface area contributed by atoms with E-state index in [1.165, 1.54) is 65.9 Å².